The van der Waals surface area contributed by atoms with Gasteiger partial charge in [-0.05, 0) is 43.0 Å². The Morgan fingerprint density at radius 1 is 1.29 bits per heavy atom. The Morgan fingerprint density at radius 2 is 2.12 bits per heavy atom. The number of sulfonamides is 1. The largest absolute Gasteiger partial charge is 0.351 e. The van der Waals surface area contributed by atoms with Crippen molar-refractivity contribution < 1.29 is 8.42 Å². The molecule has 0 radical (unpaired) electrons. The summed E-state index contributed by atoms with van der Waals surface area (Å²) in [7, 11) is -1.54. The standard InChI is InChI=1S/C16H19N5O2S/c1-20-5-4-13-8-15(2-3-16(13)20)24(22,23)19-9-12-6-14(7-12)21-11-17-10-18-21/h2-5,8,10-12,14,19H,6-7,9H2,1H3. The Bertz CT molecular complexity index is 956. The minimum Gasteiger partial charge on any atom is -0.351 e. The van der Waals surface area contributed by atoms with E-state index in [4.69, 9.17) is 0 Å². The fourth-order valence-corrected chi connectivity index (χ4v) is 4.38. The van der Waals surface area contributed by atoms with Crippen LogP contribution in [0.1, 0.15) is 18.9 Å². The normalized spacial score (nSPS) is 21.0. The van der Waals surface area contributed by atoms with Crippen LogP contribution >= 0.6 is 0 Å². The number of hydrogen-bond acceptors (Lipinski definition) is 4. The van der Waals surface area contributed by atoms with Gasteiger partial charge < -0.3 is 4.57 Å². The second-order valence-corrected chi connectivity index (χ2v) is 8.13. The quantitative estimate of drug-likeness (QED) is 0.763. The Balaban J connectivity index is 1.40. The second kappa shape index (κ2) is 5.71. The molecule has 4 rings (SSSR count). The van der Waals surface area contributed by atoms with Crippen LogP contribution < -0.4 is 4.72 Å². The average Bonchev–Trinajstić information content (AvgIpc) is 3.16. The molecule has 0 unspecified atom stereocenters. The SMILES string of the molecule is Cn1ccc2cc(S(=O)(=O)NCC3CC(n4cncn4)C3)ccc21. The van der Waals surface area contributed by atoms with Gasteiger partial charge in [-0.2, -0.15) is 5.10 Å². The fourth-order valence-electron chi connectivity index (χ4n) is 3.23. The van der Waals surface area contributed by atoms with Crippen LogP contribution in [0.5, 0.6) is 0 Å². The van der Waals surface area contributed by atoms with Crippen LogP contribution in [0.2, 0.25) is 0 Å². The summed E-state index contributed by atoms with van der Waals surface area (Å²) in [5.41, 5.74) is 1.02. The molecule has 126 valence electrons. The Kier molecular flexibility index (Phi) is 3.65. The van der Waals surface area contributed by atoms with Gasteiger partial charge in [-0.1, -0.05) is 0 Å². The first-order valence-electron chi connectivity index (χ1n) is 7.92. The van der Waals surface area contributed by atoms with Gasteiger partial charge in [0.1, 0.15) is 12.7 Å². The summed E-state index contributed by atoms with van der Waals surface area (Å²) >= 11 is 0. The van der Waals surface area contributed by atoms with Crippen LogP contribution in [-0.4, -0.2) is 34.3 Å². The number of benzene rings is 1. The monoisotopic (exact) mass is 345 g/mol. The lowest BCUT2D eigenvalue weighted by atomic mass is 9.80. The van der Waals surface area contributed by atoms with Gasteiger partial charge in [-0.3, -0.25) is 0 Å². The summed E-state index contributed by atoms with van der Waals surface area (Å²) in [4.78, 5) is 4.25. The lowest BCUT2D eigenvalue weighted by molar-refractivity contribution is 0.185. The average molecular weight is 345 g/mol. The molecule has 24 heavy (non-hydrogen) atoms. The molecule has 1 aliphatic rings. The van der Waals surface area contributed by atoms with Gasteiger partial charge >= 0.3 is 0 Å². The molecular formula is C16H19N5O2S. The first kappa shape index (κ1) is 15.3. The maximum absolute atomic E-state index is 12.5. The van der Waals surface area contributed by atoms with Crippen molar-refractivity contribution in [1.82, 2.24) is 24.1 Å². The summed E-state index contributed by atoms with van der Waals surface area (Å²) in [6.45, 7) is 0.459. The summed E-state index contributed by atoms with van der Waals surface area (Å²) < 4.78 is 31.5. The molecule has 8 heteroatoms. The molecule has 0 aliphatic heterocycles. The lowest BCUT2D eigenvalue weighted by Gasteiger charge is -2.35. The minimum absolute atomic E-state index is 0.313. The van der Waals surface area contributed by atoms with E-state index in [1.54, 1.807) is 18.5 Å². The van der Waals surface area contributed by atoms with Crippen LogP contribution in [-0.2, 0) is 17.1 Å². The van der Waals surface area contributed by atoms with Gasteiger partial charge in [0.05, 0.1) is 10.9 Å². The molecule has 0 saturated heterocycles. The summed E-state index contributed by atoms with van der Waals surface area (Å²) in [6.07, 6.45) is 7.00. The molecule has 2 heterocycles. The van der Waals surface area contributed by atoms with Crippen molar-refractivity contribution in [3.63, 3.8) is 0 Å². The summed E-state index contributed by atoms with van der Waals surface area (Å²) in [5, 5.41) is 5.05. The predicted octanol–water partition coefficient (Wildman–Crippen LogP) is 1.70. The van der Waals surface area contributed by atoms with Gasteiger partial charge in [-0.15, -0.1) is 0 Å². The Morgan fingerprint density at radius 3 is 2.88 bits per heavy atom. The molecular weight excluding hydrogens is 326 g/mol. The molecule has 1 fully saturated rings. The first-order chi connectivity index (χ1) is 11.5. The Labute approximate surface area is 140 Å². The molecule has 0 amide bonds. The zero-order valence-corrected chi connectivity index (χ0v) is 14.1. The molecule has 1 aromatic carbocycles. The van der Waals surface area contributed by atoms with Crippen molar-refractivity contribution in [2.45, 2.75) is 23.8 Å². The van der Waals surface area contributed by atoms with Crippen molar-refractivity contribution >= 4 is 20.9 Å². The van der Waals surface area contributed by atoms with Gasteiger partial charge in [0.25, 0.3) is 0 Å². The van der Waals surface area contributed by atoms with Gasteiger partial charge in [0.2, 0.25) is 10.0 Å². The highest BCUT2D eigenvalue weighted by Gasteiger charge is 2.31. The van der Waals surface area contributed by atoms with E-state index in [9.17, 15) is 8.42 Å². The zero-order valence-electron chi connectivity index (χ0n) is 13.3. The molecule has 1 aliphatic carbocycles. The highest BCUT2D eigenvalue weighted by atomic mass is 32.2. The van der Waals surface area contributed by atoms with Crippen molar-refractivity contribution in [3.05, 3.63) is 43.1 Å². The third kappa shape index (κ3) is 2.71. The van der Waals surface area contributed by atoms with Crippen molar-refractivity contribution in [2.75, 3.05) is 6.54 Å². The van der Waals surface area contributed by atoms with Gasteiger partial charge in [0.15, 0.2) is 0 Å². The van der Waals surface area contributed by atoms with Gasteiger partial charge in [0, 0.05) is 30.7 Å². The fraction of sp³-hybridized carbons (Fsp3) is 0.375. The third-order valence-electron chi connectivity index (χ3n) is 4.75. The number of aromatic nitrogens is 4. The second-order valence-electron chi connectivity index (χ2n) is 6.37. The van der Waals surface area contributed by atoms with E-state index < -0.39 is 10.0 Å². The van der Waals surface area contributed by atoms with Crippen molar-refractivity contribution in [2.24, 2.45) is 13.0 Å². The molecule has 1 N–H and O–H groups in total. The van der Waals surface area contributed by atoms with E-state index in [1.165, 1.54) is 6.33 Å². The summed E-state index contributed by atoms with van der Waals surface area (Å²) in [6, 6.07) is 7.47. The highest BCUT2D eigenvalue weighted by molar-refractivity contribution is 7.89. The number of rotatable bonds is 5. The number of nitrogens with one attached hydrogen (secondary N) is 1. The zero-order chi connectivity index (χ0) is 16.7. The van der Waals surface area contributed by atoms with Gasteiger partial charge in [-0.25, -0.2) is 22.8 Å². The van der Waals surface area contributed by atoms with E-state index in [-0.39, 0.29) is 0 Å². The predicted molar refractivity (Wildman–Crippen MR) is 89.9 cm³/mol. The third-order valence-corrected chi connectivity index (χ3v) is 6.17. The lowest BCUT2D eigenvalue weighted by Crippen LogP contribution is -2.37. The van der Waals surface area contributed by atoms with E-state index in [1.807, 2.05) is 34.6 Å². The molecule has 1 saturated carbocycles. The molecule has 0 bridgehead atoms. The van der Waals surface area contributed by atoms with Crippen LogP contribution in [0.3, 0.4) is 0 Å². The first-order valence-corrected chi connectivity index (χ1v) is 9.40. The maximum Gasteiger partial charge on any atom is 0.240 e. The van der Waals surface area contributed by atoms with E-state index >= 15 is 0 Å². The molecule has 0 atom stereocenters. The van der Waals surface area contributed by atoms with Crippen LogP contribution in [0.25, 0.3) is 10.9 Å². The van der Waals surface area contributed by atoms with E-state index in [0.717, 1.165) is 23.7 Å². The van der Waals surface area contributed by atoms with Crippen LogP contribution in [0, 0.1) is 5.92 Å². The molecule has 3 aromatic rings. The molecule has 2 aromatic heterocycles. The van der Waals surface area contributed by atoms with E-state index in [2.05, 4.69) is 14.8 Å². The highest BCUT2D eigenvalue weighted by Crippen LogP contribution is 2.36. The molecule has 7 nitrogen and oxygen atoms in total. The van der Waals surface area contributed by atoms with Crippen LogP contribution in [0.4, 0.5) is 0 Å². The number of hydrogen-bond donors (Lipinski definition) is 1. The van der Waals surface area contributed by atoms with Crippen molar-refractivity contribution in [1.29, 1.82) is 0 Å². The number of nitrogens with zero attached hydrogens (tertiary/aromatic N) is 4. The van der Waals surface area contributed by atoms with Crippen LogP contribution in [0.15, 0.2) is 48.0 Å². The maximum atomic E-state index is 12.5. The van der Waals surface area contributed by atoms with E-state index in [0.29, 0.717) is 23.4 Å². The number of aryl methyl sites for hydroxylation is 1. The summed E-state index contributed by atoms with van der Waals surface area (Å²) in [5.74, 6) is 0.342. The molecule has 0 spiro atoms. The van der Waals surface area contributed by atoms with Crippen molar-refractivity contribution in [3.8, 4) is 0 Å². The number of fused-ring (bicyclic) bond motifs is 1. The Hall–Kier alpha value is -2.19. The minimum atomic E-state index is -3.48. The topological polar surface area (TPSA) is 81.8 Å². The smallest absolute Gasteiger partial charge is 0.240 e.